The molecule has 0 bridgehead atoms. The highest BCUT2D eigenvalue weighted by Gasteiger charge is 2.11. The van der Waals surface area contributed by atoms with E-state index < -0.39 is 6.10 Å². The number of benzene rings is 1. The van der Waals surface area contributed by atoms with Crippen LogP contribution in [-0.2, 0) is 0 Å². The van der Waals surface area contributed by atoms with Crippen LogP contribution in [0.3, 0.4) is 0 Å². The molecule has 0 fully saturated rings. The molecule has 0 saturated heterocycles. The van der Waals surface area contributed by atoms with E-state index in [1.165, 1.54) is 11.3 Å². The molecule has 1 atom stereocenters. The fourth-order valence-electron chi connectivity index (χ4n) is 2.41. The Labute approximate surface area is 156 Å². The SMILES string of the molecule is CCNC(=O)c1ccc(-c2ccnc(Nc3cccc(C(C)O)c3)n2)s1. The van der Waals surface area contributed by atoms with Crippen LogP contribution in [0.25, 0.3) is 10.6 Å². The van der Waals surface area contributed by atoms with Gasteiger partial charge in [-0.1, -0.05) is 12.1 Å². The summed E-state index contributed by atoms with van der Waals surface area (Å²) in [5.74, 6) is 0.379. The van der Waals surface area contributed by atoms with Crippen LogP contribution < -0.4 is 10.6 Å². The van der Waals surface area contributed by atoms with E-state index in [1.807, 2.05) is 43.3 Å². The number of rotatable bonds is 6. The number of aliphatic hydroxyl groups is 1. The van der Waals surface area contributed by atoms with Crippen molar-refractivity contribution in [1.82, 2.24) is 15.3 Å². The minimum atomic E-state index is -0.539. The van der Waals surface area contributed by atoms with Crippen molar-refractivity contribution in [2.75, 3.05) is 11.9 Å². The first kappa shape index (κ1) is 18.0. The minimum absolute atomic E-state index is 0.0777. The summed E-state index contributed by atoms with van der Waals surface area (Å²) >= 11 is 1.39. The van der Waals surface area contributed by atoms with E-state index in [1.54, 1.807) is 19.2 Å². The molecule has 0 aliphatic heterocycles. The van der Waals surface area contributed by atoms with Crippen LogP contribution in [0.5, 0.6) is 0 Å². The quantitative estimate of drug-likeness (QED) is 0.617. The molecule has 26 heavy (non-hydrogen) atoms. The Balaban J connectivity index is 1.80. The highest BCUT2D eigenvalue weighted by molar-refractivity contribution is 7.17. The molecule has 0 aliphatic carbocycles. The maximum Gasteiger partial charge on any atom is 0.261 e. The predicted octanol–water partition coefficient (Wildman–Crippen LogP) is 3.75. The summed E-state index contributed by atoms with van der Waals surface area (Å²) in [6, 6.07) is 13.0. The van der Waals surface area contributed by atoms with Crippen molar-refractivity contribution >= 4 is 28.9 Å². The number of hydrogen-bond donors (Lipinski definition) is 3. The average Bonchev–Trinajstić information content (AvgIpc) is 3.13. The van der Waals surface area contributed by atoms with Gasteiger partial charge >= 0.3 is 0 Å². The lowest BCUT2D eigenvalue weighted by atomic mass is 10.1. The van der Waals surface area contributed by atoms with Gasteiger partial charge in [0.2, 0.25) is 5.95 Å². The van der Waals surface area contributed by atoms with Gasteiger partial charge in [-0.3, -0.25) is 4.79 Å². The monoisotopic (exact) mass is 368 g/mol. The summed E-state index contributed by atoms with van der Waals surface area (Å²) in [7, 11) is 0. The van der Waals surface area contributed by atoms with Gasteiger partial charge in [-0.25, -0.2) is 9.97 Å². The molecule has 3 rings (SSSR count). The van der Waals surface area contributed by atoms with E-state index in [-0.39, 0.29) is 5.91 Å². The molecule has 0 radical (unpaired) electrons. The van der Waals surface area contributed by atoms with Crippen molar-refractivity contribution in [3.8, 4) is 10.6 Å². The van der Waals surface area contributed by atoms with Gasteiger partial charge in [0.25, 0.3) is 5.91 Å². The molecule has 2 heterocycles. The number of carbonyl (C=O) groups excluding carboxylic acids is 1. The van der Waals surface area contributed by atoms with E-state index in [0.29, 0.717) is 17.4 Å². The number of amides is 1. The Morgan fingerprint density at radius 2 is 2.12 bits per heavy atom. The number of nitrogens with zero attached hydrogens (tertiary/aromatic N) is 2. The van der Waals surface area contributed by atoms with E-state index in [2.05, 4.69) is 20.6 Å². The Morgan fingerprint density at radius 1 is 1.27 bits per heavy atom. The number of hydrogen-bond acceptors (Lipinski definition) is 6. The van der Waals surface area contributed by atoms with Gasteiger partial charge in [0.05, 0.1) is 21.6 Å². The fraction of sp³-hybridized carbons (Fsp3) is 0.211. The van der Waals surface area contributed by atoms with Crippen LogP contribution in [0, 0.1) is 0 Å². The smallest absolute Gasteiger partial charge is 0.261 e. The van der Waals surface area contributed by atoms with E-state index in [9.17, 15) is 9.90 Å². The Bertz CT molecular complexity index is 908. The minimum Gasteiger partial charge on any atom is -0.389 e. The van der Waals surface area contributed by atoms with Crippen molar-refractivity contribution < 1.29 is 9.90 Å². The summed E-state index contributed by atoms with van der Waals surface area (Å²) in [6.45, 7) is 4.21. The zero-order valence-corrected chi connectivity index (χ0v) is 15.4. The van der Waals surface area contributed by atoms with Gasteiger partial charge in [0.1, 0.15) is 0 Å². The lowest BCUT2D eigenvalue weighted by Gasteiger charge is -2.09. The Morgan fingerprint density at radius 3 is 2.88 bits per heavy atom. The second-order valence-electron chi connectivity index (χ2n) is 5.72. The number of aromatic nitrogens is 2. The summed E-state index contributed by atoms with van der Waals surface area (Å²) in [5, 5.41) is 15.6. The van der Waals surface area contributed by atoms with Gasteiger partial charge < -0.3 is 15.7 Å². The molecule has 7 heteroatoms. The van der Waals surface area contributed by atoms with Gasteiger partial charge in [0, 0.05) is 18.4 Å². The number of aliphatic hydroxyl groups excluding tert-OH is 1. The van der Waals surface area contributed by atoms with E-state index in [4.69, 9.17) is 0 Å². The zero-order chi connectivity index (χ0) is 18.5. The molecule has 134 valence electrons. The van der Waals surface area contributed by atoms with Crippen molar-refractivity contribution in [3.63, 3.8) is 0 Å². The second-order valence-corrected chi connectivity index (χ2v) is 6.80. The molecule has 1 aromatic carbocycles. The molecule has 0 aliphatic rings. The molecule has 1 unspecified atom stereocenters. The van der Waals surface area contributed by atoms with Crippen LogP contribution in [0.2, 0.25) is 0 Å². The summed E-state index contributed by atoms with van der Waals surface area (Å²) in [5.41, 5.74) is 2.36. The van der Waals surface area contributed by atoms with Crippen molar-refractivity contribution in [2.24, 2.45) is 0 Å². The van der Waals surface area contributed by atoms with Crippen molar-refractivity contribution in [1.29, 1.82) is 0 Å². The topological polar surface area (TPSA) is 87.1 Å². The first-order valence-electron chi connectivity index (χ1n) is 8.33. The summed E-state index contributed by atoms with van der Waals surface area (Å²) in [6.07, 6.45) is 1.14. The lowest BCUT2D eigenvalue weighted by Crippen LogP contribution is -2.21. The van der Waals surface area contributed by atoms with Crippen molar-refractivity contribution in [3.05, 3.63) is 59.1 Å². The maximum atomic E-state index is 11.9. The zero-order valence-electron chi connectivity index (χ0n) is 14.6. The van der Waals surface area contributed by atoms with Crippen LogP contribution in [0.1, 0.15) is 35.2 Å². The molecule has 6 nitrogen and oxygen atoms in total. The average molecular weight is 368 g/mol. The van der Waals surface area contributed by atoms with Gasteiger partial charge in [0.15, 0.2) is 0 Å². The molecule has 2 aromatic heterocycles. The van der Waals surface area contributed by atoms with E-state index in [0.717, 1.165) is 21.8 Å². The molecule has 3 aromatic rings. The first-order valence-corrected chi connectivity index (χ1v) is 9.15. The highest BCUT2D eigenvalue weighted by atomic mass is 32.1. The molecule has 3 N–H and O–H groups in total. The molecular weight excluding hydrogens is 348 g/mol. The normalized spacial score (nSPS) is 11.8. The molecule has 1 amide bonds. The van der Waals surface area contributed by atoms with Crippen molar-refractivity contribution in [2.45, 2.75) is 20.0 Å². The molecule has 0 saturated carbocycles. The number of nitrogens with one attached hydrogen (secondary N) is 2. The predicted molar refractivity (Wildman–Crippen MR) is 104 cm³/mol. The lowest BCUT2D eigenvalue weighted by molar-refractivity contribution is 0.0960. The third kappa shape index (κ3) is 4.25. The van der Waals surface area contributed by atoms with Crippen LogP contribution in [0.15, 0.2) is 48.7 Å². The fourth-order valence-corrected chi connectivity index (χ4v) is 3.30. The summed E-state index contributed by atoms with van der Waals surface area (Å²) in [4.78, 5) is 22.2. The second kappa shape index (κ2) is 8.07. The number of thiophene rings is 1. The maximum absolute atomic E-state index is 11.9. The highest BCUT2D eigenvalue weighted by Crippen LogP contribution is 2.27. The van der Waals surface area contributed by atoms with E-state index >= 15 is 0 Å². The summed E-state index contributed by atoms with van der Waals surface area (Å²) < 4.78 is 0. The third-order valence-corrected chi connectivity index (χ3v) is 4.81. The van der Waals surface area contributed by atoms with Gasteiger partial charge in [-0.05, 0) is 49.7 Å². The van der Waals surface area contributed by atoms with Crippen LogP contribution in [-0.4, -0.2) is 27.5 Å². The van der Waals surface area contributed by atoms with Gasteiger partial charge in [-0.2, -0.15) is 0 Å². The van der Waals surface area contributed by atoms with Crippen LogP contribution in [0.4, 0.5) is 11.6 Å². The Kier molecular flexibility index (Phi) is 5.60. The molecule has 0 spiro atoms. The standard InChI is InChI=1S/C19H20N4O2S/c1-3-20-18(25)17-8-7-16(26-17)15-9-10-21-19(23-15)22-14-6-4-5-13(11-14)12(2)24/h4-12,24H,3H2,1-2H3,(H,20,25)(H,21,22,23). The van der Waals surface area contributed by atoms with Gasteiger partial charge in [-0.15, -0.1) is 11.3 Å². The number of carbonyl (C=O) groups is 1. The largest absolute Gasteiger partial charge is 0.389 e. The Hall–Kier alpha value is -2.77. The molecular formula is C19H20N4O2S. The van der Waals surface area contributed by atoms with Crippen LogP contribution >= 0.6 is 11.3 Å². The first-order chi connectivity index (χ1) is 12.6. The third-order valence-electron chi connectivity index (χ3n) is 3.70. The number of anilines is 2.